The maximum Gasteiger partial charge on any atom is 0.524 e. The van der Waals surface area contributed by atoms with Crippen molar-refractivity contribution in [2.75, 3.05) is 0 Å². The fourth-order valence-electron chi connectivity index (χ4n) is 1.99. The number of hydrogen-bond acceptors (Lipinski definition) is 6. The number of aliphatic hydroxyl groups excluding tert-OH is 1. The molecule has 122 valence electrons. The van der Waals surface area contributed by atoms with Crippen LogP contribution in [0.4, 0.5) is 4.39 Å². The predicted molar refractivity (Wildman–Crippen MR) is 68.1 cm³/mol. The van der Waals surface area contributed by atoms with E-state index in [1.807, 2.05) is 0 Å². The Bertz CT molecular complexity index is 752. The van der Waals surface area contributed by atoms with Gasteiger partial charge in [-0.15, -0.1) is 0 Å². The zero-order chi connectivity index (χ0) is 16.7. The van der Waals surface area contributed by atoms with Gasteiger partial charge in [0.15, 0.2) is 0 Å². The Morgan fingerprint density at radius 3 is 2.77 bits per heavy atom. The second-order valence-electron chi connectivity index (χ2n) is 4.51. The van der Waals surface area contributed by atoms with Gasteiger partial charge in [-0.1, -0.05) is 6.58 Å². The maximum absolute atomic E-state index is 13.2. The van der Waals surface area contributed by atoms with E-state index in [1.165, 1.54) is 0 Å². The van der Waals surface area contributed by atoms with Crippen LogP contribution in [0.25, 0.3) is 0 Å². The van der Waals surface area contributed by atoms with E-state index in [9.17, 15) is 23.7 Å². The second kappa shape index (κ2) is 5.78. The molecule has 0 bridgehead atoms. The zero-order valence-electron chi connectivity index (χ0n) is 10.9. The van der Waals surface area contributed by atoms with Gasteiger partial charge in [0.2, 0.25) is 5.82 Å². The highest BCUT2D eigenvalue weighted by Crippen LogP contribution is 2.42. The van der Waals surface area contributed by atoms with Gasteiger partial charge in [0.1, 0.15) is 18.1 Å². The van der Waals surface area contributed by atoms with Crippen molar-refractivity contribution in [3.8, 4) is 0 Å². The van der Waals surface area contributed by atoms with Crippen LogP contribution in [-0.4, -0.2) is 36.7 Å². The van der Waals surface area contributed by atoms with Crippen molar-refractivity contribution in [3.63, 3.8) is 0 Å². The normalized spacial score (nSPS) is 25.2. The van der Waals surface area contributed by atoms with Crippen molar-refractivity contribution in [1.82, 2.24) is 9.55 Å². The van der Waals surface area contributed by atoms with Gasteiger partial charge in [0.05, 0.1) is 12.3 Å². The monoisotopic (exact) mass is 338 g/mol. The number of aromatic nitrogens is 2. The molecular formula is C10H12FN2O8P. The molecule has 12 heteroatoms. The van der Waals surface area contributed by atoms with Crippen molar-refractivity contribution >= 4 is 7.82 Å². The first-order chi connectivity index (χ1) is 10.1. The minimum atomic E-state index is -4.88. The second-order valence-corrected chi connectivity index (χ2v) is 5.67. The van der Waals surface area contributed by atoms with Crippen molar-refractivity contribution in [2.24, 2.45) is 0 Å². The quantitative estimate of drug-likeness (QED) is 0.401. The molecular weight excluding hydrogens is 326 g/mol. The molecule has 22 heavy (non-hydrogen) atoms. The molecule has 10 nitrogen and oxygen atoms in total. The summed E-state index contributed by atoms with van der Waals surface area (Å²) in [5.74, 6) is -1.77. The van der Waals surface area contributed by atoms with Crippen LogP contribution < -0.4 is 11.2 Å². The van der Waals surface area contributed by atoms with E-state index in [0.29, 0.717) is 10.8 Å². The van der Waals surface area contributed by atoms with Crippen LogP contribution in [-0.2, 0) is 13.8 Å². The highest BCUT2D eigenvalue weighted by Gasteiger charge is 2.40. The van der Waals surface area contributed by atoms with Gasteiger partial charge in [0, 0.05) is 6.42 Å². The third-order valence-electron chi connectivity index (χ3n) is 2.88. The summed E-state index contributed by atoms with van der Waals surface area (Å²) < 4.78 is 34.1. The fourth-order valence-corrected chi connectivity index (χ4v) is 2.40. The number of hydrogen-bond donors (Lipinski definition) is 4. The number of aromatic amines is 1. The van der Waals surface area contributed by atoms with Crippen LogP contribution >= 0.6 is 7.82 Å². The highest BCUT2D eigenvalue weighted by molar-refractivity contribution is 7.46. The van der Waals surface area contributed by atoms with E-state index in [-0.39, 0.29) is 6.42 Å². The van der Waals surface area contributed by atoms with Gasteiger partial charge in [-0.05, 0) is 0 Å². The van der Waals surface area contributed by atoms with Gasteiger partial charge < -0.3 is 14.4 Å². The Kier molecular flexibility index (Phi) is 4.36. The van der Waals surface area contributed by atoms with Crippen LogP contribution in [0.15, 0.2) is 28.1 Å². The predicted octanol–water partition coefficient (Wildman–Crippen LogP) is -1.05. The summed E-state index contributed by atoms with van der Waals surface area (Å²) in [5.41, 5.74) is -2.17. The summed E-state index contributed by atoms with van der Waals surface area (Å²) in [7, 11) is -4.88. The molecule has 2 heterocycles. The Morgan fingerprint density at radius 1 is 1.55 bits per heavy atom. The van der Waals surface area contributed by atoms with E-state index in [2.05, 4.69) is 11.1 Å². The number of ether oxygens (including phenoxy) is 1. The Hall–Kier alpha value is -1.78. The third-order valence-corrected chi connectivity index (χ3v) is 3.36. The lowest BCUT2D eigenvalue weighted by Gasteiger charge is -2.18. The first kappa shape index (κ1) is 16.6. The number of aliphatic hydroxyl groups is 1. The first-order valence-corrected chi connectivity index (χ1v) is 7.40. The molecule has 3 atom stereocenters. The molecule has 0 aliphatic carbocycles. The Balaban J connectivity index is 2.23. The number of nitrogens with zero attached hydrogens (tertiary/aromatic N) is 1. The average Bonchev–Trinajstić information content (AvgIpc) is 2.73. The summed E-state index contributed by atoms with van der Waals surface area (Å²) in [6, 6.07) is 0. The number of rotatable bonds is 4. The SMILES string of the molecule is C=C(OP(=O)(O)O)[C@H]1O[C@@H](n2cc(F)c(=O)[nH]c2=O)CC1O. The molecule has 0 spiro atoms. The van der Waals surface area contributed by atoms with Crippen molar-refractivity contribution in [3.05, 3.63) is 45.2 Å². The van der Waals surface area contributed by atoms with Crippen LogP contribution in [0.5, 0.6) is 0 Å². The van der Waals surface area contributed by atoms with E-state index in [4.69, 9.17) is 14.5 Å². The van der Waals surface area contributed by atoms with E-state index < -0.39 is 49.1 Å². The Labute approximate surface area is 121 Å². The van der Waals surface area contributed by atoms with Gasteiger partial charge in [-0.3, -0.25) is 24.1 Å². The number of phosphoric acid groups is 1. The summed E-state index contributed by atoms with van der Waals surface area (Å²) in [6.45, 7) is 3.24. The van der Waals surface area contributed by atoms with Crippen molar-refractivity contribution < 1.29 is 33.1 Å². The Morgan fingerprint density at radius 2 is 2.18 bits per heavy atom. The van der Waals surface area contributed by atoms with E-state index in [0.717, 1.165) is 0 Å². The van der Waals surface area contributed by atoms with Gasteiger partial charge in [-0.2, -0.15) is 4.39 Å². The van der Waals surface area contributed by atoms with Crippen LogP contribution in [0.1, 0.15) is 12.6 Å². The molecule has 0 saturated carbocycles. The molecule has 1 fully saturated rings. The smallest absolute Gasteiger partial charge is 0.406 e. The number of nitrogens with one attached hydrogen (secondary N) is 1. The first-order valence-electron chi connectivity index (χ1n) is 5.87. The van der Waals surface area contributed by atoms with E-state index >= 15 is 0 Å². The summed E-state index contributed by atoms with van der Waals surface area (Å²) in [4.78, 5) is 41.6. The summed E-state index contributed by atoms with van der Waals surface area (Å²) in [6.07, 6.45) is -3.41. The number of H-pyrrole nitrogens is 1. The molecule has 0 aromatic carbocycles. The molecule has 1 aliphatic heterocycles. The maximum atomic E-state index is 13.2. The largest absolute Gasteiger partial charge is 0.524 e. The lowest BCUT2D eigenvalue weighted by Crippen LogP contribution is -2.34. The minimum absolute atomic E-state index is 0.209. The van der Waals surface area contributed by atoms with E-state index in [1.54, 1.807) is 4.98 Å². The molecule has 2 rings (SSSR count). The molecule has 0 radical (unpaired) electrons. The van der Waals surface area contributed by atoms with Gasteiger partial charge in [-0.25, -0.2) is 9.36 Å². The minimum Gasteiger partial charge on any atom is -0.406 e. The van der Waals surface area contributed by atoms with Crippen LogP contribution in [0.3, 0.4) is 0 Å². The average molecular weight is 338 g/mol. The lowest BCUT2D eigenvalue weighted by molar-refractivity contribution is -0.0193. The standard InChI is InChI=1S/C10H12FN2O8P/c1-4(21-22(17,18)19)8-6(14)2-7(20-8)13-3-5(11)9(15)12-10(13)16/h3,6-8,14H,1-2H2,(H,12,15,16)(H2,17,18,19)/t6?,7-,8-/m1/s1. The molecule has 1 unspecified atom stereocenters. The molecule has 1 aromatic rings. The molecule has 1 saturated heterocycles. The summed E-state index contributed by atoms with van der Waals surface area (Å²) in [5, 5.41) is 9.80. The zero-order valence-corrected chi connectivity index (χ0v) is 11.8. The number of halogens is 1. The topological polar surface area (TPSA) is 151 Å². The summed E-state index contributed by atoms with van der Waals surface area (Å²) >= 11 is 0. The number of phosphoric ester groups is 1. The van der Waals surface area contributed by atoms with Crippen molar-refractivity contribution in [1.29, 1.82) is 0 Å². The van der Waals surface area contributed by atoms with Crippen LogP contribution in [0, 0.1) is 5.82 Å². The van der Waals surface area contributed by atoms with Gasteiger partial charge in [0.25, 0.3) is 5.56 Å². The molecule has 0 amide bonds. The fraction of sp³-hybridized carbons (Fsp3) is 0.400. The molecule has 1 aliphatic rings. The third kappa shape index (κ3) is 3.51. The lowest BCUT2D eigenvalue weighted by atomic mass is 10.1. The van der Waals surface area contributed by atoms with Crippen molar-refractivity contribution in [2.45, 2.75) is 24.9 Å². The molecule has 4 N–H and O–H groups in total. The molecule has 1 aromatic heterocycles. The van der Waals surface area contributed by atoms with Crippen LogP contribution in [0.2, 0.25) is 0 Å². The van der Waals surface area contributed by atoms with Gasteiger partial charge >= 0.3 is 13.5 Å². The highest BCUT2D eigenvalue weighted by atomic mass is 31.2.